The molecule has 2 rings (SSSR count). The summed E-state index contributed by atoms with van der Waals surface area (Å²) in [6.45, 7) is 3.12. The van der Waals surface area contributed by atoms with Gasteiger partial charge in [-0.15, -0.1) is 11.3 Å². The van der Waals surface area contributed by atoms with Crippen molar-refractivity contribution in [1.29, 1.82) is 0 Å². The van der Waals surface area contributed by atoms with Gasteiger partial charge in [0, 0.05) is 22.5 Å². The molecule has 0 aliphatic carbocycles. The molecule has 0 fully saturated rings. The van der Waals surface area contributed by atoms with Crippen LogP contribution >= 0.6 is 38.9 Å². The third-order valence-electron chi connectivity index (χ3n) is 3.05. The summed E-state index contributed by atoms with van der Waals surface area (Å²) in [6, 6.07) is 12.6. The molecule has 0 spiro atoms. The molecule has 0 radical (unpaired) electrons. The van der Waals surface area contributed by atoms with E-state index in [2.05, 4.69) is 53.0 Å². The molecule has 1 aromatic heterocycles. The van der Waals surface area contributed by atoms with Crippen molar-refractivity contribution in [3.05, 3.63) is 55.6 Å². The molecule has 1 heterocycles. The average Bonchev–Trinajstić information content (AvgIpc) is 2.74. The van der Waals surface area contributed by atoms with E-state index in [9.17, 15) is 0 Å². The Balaban J connectivity index is 2.09. The van der Waals surface area contributed by atoms with Crippen molar-refractivity contribution < 1.29 is 0 Å². The van der Waals surface area contributed by atoms with Gasteiger partial charge in [-0.3, -0.25) is 4.90 Å². The Kier molecular flexibility index (Phi) is 4.84. The maximum Gasteiger partial charge on any atom is 0.0701 e. The van der Waals surface area contributed by atoms with Crippen LogP contribution in [0.1, 0.15) is 23.4 Å². The zero-order chi connectivity index (χ0) is 13.1. The van der Waals surface area contributed by atoms with Gasteiger partial charge in [0.25, 0.3) is 0 Å². The van der Waals surface area contributed by atoms with Gasteiger partial charge >= 0.3 is 0 Å². The second-order valence-corrected chi connectivity index (χ2v) is 7.27. The van der Waals surface area contributed by atoms with Crippen LogP contribution in [0.2, 0.25) is 5.02 Å². The molecule has 0 aliphatic heterocycles. The normalized spacial score (nSPS) is 12.9. The molecule has 0 amide bonds. The second-order valence-electron chi connectivity index (χ2n) is 4.32. The molecule has 18 heavy (non-hydrogen) atoms. The van der Waals surface area contributed by atoms with E-state index in [1.165, 1.54) is 14.2 Å². The molecule has 0 saturated heterocycles. The molecule has 0 saturated carbocycles. The minimum Gasteiger partial charge on any atom is -0.295 e. The quantitative estimate of drug-likeness (QED) is 0.722. The zero-order valence-electron chi connectivity index (χ0n) is 10.4. The van der Waals surface area contributed by atoms with Crippen LogP contribution in [0.25, 0.3) is 0 Å². The number of hydrogen-bond donors (Lipinski definition) is 0. The lowest BCUT2D eigenvalue weighted by Crippen LogP contribution is -2.21. The standard InChI is InChI=1S/C14H15BrClNS/c1-10(12-5-3-4-6-13(12)16)17(2)9-11-7-8-14(15)18-11/h3-8,10H,9H2,1-2H3. The molecule has 1 unspecified atom stereocenters. The van der Waals surface area contributed by atoms with Gasteiger partial charge in [0.05, 0.1) is 3.79 Å². The lowest BCUT2D eigenvalue weighted by molar-refractivity contribution is 0.255. The highest BCUT2D eigenvalue weighted by molar-refractivity contribution is 9.11. The monoisotopic (exact) mass is 343 g/mol. The summed E-state index contributed by atoms with van der Waals surface area (Å²) in [4.78, 5) is 3.66. The summed E-state index contributed by atoms with van der Waals surface area (Å²) in [5.41, 5.74) is 1.18. The van der Waals surface area contributed by atoms with Crippen molar-refractivity contribution in [1.82, 2.24) is 4.90 Å². The Bertz CT molecular complexity index is 526. The fourth-order valence-corrected chi connectivity index (χ4v) is 3.71. The first-order valence-electron chi connectivity index (χ1n) is 5.77. The Hall–Kier alpha value is -0.350. The fourth-order valence-electron chi connectivity index (χ4n) is 1.87. The summed E-state index contributed by atoms with van der Waals surface area (Å²) in [5, 5.41) is 0.837. The van der Waals surface area contributed by atoms with Crippen molar-refractivity contribution in [3.63, 3.8) is 0 Å². The minimum atomic E-state index is 0.305. The molecule has 1 atom stereocenters. The number of thiophene rings is 1. The van der Waals surface area contributed by atoms with E-state index in [1.807, 2.05) is 18.2 Å². The molecule has 96 valence electrons. The highest BCUT2D eigenvalue weighted by atomic mass is 79.9. The summed E-state index contributed by atoms with van der Waals surface area (Å²) in [7, 11) is 2.13. The highest BCUT2D eigenvalue weighted by Gasteiger charge is 2.15. The van der Waals surface area contributed by atoms with Gasteiger partial charge in [-0.05, 0) is 53.7 Å². The lowest BCUT2D eigenvalue weighted by atomic mass is 10.1. The van der Waals surface area contributed by atoms with Crippen LogP contribution in [0.15, 0.2) is 40.2 Å². The molecule has 0 aliphatic rings. The maximum atomic E-state index is 6.24. The third kappa shape index (κ3) is 3.35. The van der Waals surface area contributed by atoms with Crippen LogP contribution in [0.4, 0.5) is 0 Å². The van der Waals surface area contributed by atoms with E-state index >= 15 is 0 Å². The van der Waals surface area contributed by atoms with Crippen LogP contribution < -0.4 is 0 Å². The number of rotatable bonds is 4. The average molecular weight is 345 g/mol. The minimum absolute atomic E-state index is 0.305. The first-order valence-corrected chi connectivity index (χ1v) is 7.75. The van der Waals surface area contributed by atoms with Crippen LogP contribution in [0, 0.1) is 0 Å². The predicted octanol–water partition coefficient (Wildman–Crippen LogP) is 5.36. The van der Waals surface area contributed by atoms with Gasteiger partial charge in [0.1, 0.15) is 0 Å². The van der Waals surface area contributed by atoms with Crippen molar-refractivity contribution in [2.24, 2.45) is 0 Å². The van der Waals surface area contributed by atoms with Gasteiger partial charge in [-0.1, -0.05) is 29.8 Å². The van der Waals surface area contributed by atoms with Crippen molar-refractivity contribution in [2.75, 3.05) is 7.05 Å². The Morgan fingerprint density at radius 2 is 2.00 bits per heavy atom. The number of halogens is 2. The van der Waals surface area contributed by atoms with Gasteiger partial charge < -0.3 is 0 Å². The van der Waals surface area contributed by atoms with E-state index in [-0.39, 0.29) is 0 Å². The first-order chi connectivity index (χ1) is 8.58. The Labute approximate surface area is 126 Å². The maximum absolute atomic E-state index is 6.24. The SMILES string of the molecule is CC(c1ccccc1Cl)N(C)Cc1ccc(Br)s1. The van der Waals surface area contributed by atoms with Crippen LogP contribution in [0.3, 0.4) is 0 Å². The smallest absolute Gasteiger partial charge is 0.0701 e. The van der Waals surface area contributed by atoms with E-state index in [0.29, 0.717) is 6.04 Å². The Morgan fingerprint density at radius 3 is 2.61 bits per heavy atom. The van der Waals surface area contributed by atoms with Gasteiger partial charge in [0.2, 0.25) is 0 Å². The third-order valence-corrected chi connectivity index (χ3v) is 5.00. The second kappa shape index (κ2) is 6.20. The van der Waals surface area contributed by atoms with Gasteiger partial charge in [0.15, 0.2) is 0 Å². The molecular weight excluding hydrogens is 330 g/mol. The molecular formula is C14H15BrClNS. The molecule has 0 N–H and O–H groups in total. The van der Waals surface area contributed by atoms with Crippen LogP contribution in [-0.4, -0.2) is 11.9 Å². The van der Waals surface area contributed by atoms with Crippen molar-refractivity contribution in [2.45, 2.75) is 19.5 Å². The molecule has 1 aromatic carbocycles. The lowest BCUT2D eigenvalue weighted by Gasteiger charge is -2.25. The van der Waals surface area contributed by atoms with Gasteiger partial charge in [-0.2, -0.15) is 0 Å². The summed E-state index contributed by atoms with van der Waals surface area (Å²) in [5.74, 6) is 0. The summed E-state index contributed by atoms with van der Waals surface area (Å²) < 4.78 is 1.18. The highest BCUT2D eigenvalue weighted by Crippen LogP contribution is 2.29. The molecule has 4 heteroatoms. The molecule has 0 bridgehead atoms. The summed E-state index contributed by atoms with van der Waals surface area (Å²) in [6.07, 6.45) is 0. The van der Waals surface area contributed by atoms with Crippen molar-refractivity contribution >= 4 is 38.9 Å². The largest absolute Gasteiger partial charge is 0.295 e. The fraction of sp³-hybridized carbons (Fsp3) is 0.286. The number of benzene rings is 1. The predicted molar refractivity (Wildman–Crippen MR) is 83.4 cm³/mol. The van der Waals surface area contributed by atoms with Crippen LogP contribution in [-0.2, 0) is 6.54 Å². The van der Waals surface area contributed by atoms with Gasteiger partial charge in [-0.25, -0.2) is 0 Å². The molecule has 1 nitrogen and oxygen atoms in total. The number of hydrogen-bond acceptors (Lipinski definition) is 2. The summed E-state index contributed by atoms with van der Waals surface area (Å²) >= 11 is 11.5. The molecule has 2 aromatic rings. The van der Waals surface area contributed by atoms with E-state index in [1.54, 1.807) is 11.3 Å². The van der Waals surface area contributed by atoms with E-state index in [0.717, 1.165) is 11.6 Å². The first kappa shape index (κ1) is 14.1. The van der Waals surface area contributed by atoms with E-state index < -0.39 is 0 Å². The zero-order valence-corrected chi connectivity index (χ0v) is 13.5. The Morgan fingerprint density at radius 1 is 1.28 bits per heavy atom. The van der Waals surface area contributed by atoms with E-state index in [4.69, 9.17) is 11.6 Å². The van der Waals surface area contributed by atoms with Crippen molar-refractivity contribution in [3.8, 4) is 0 Å². The van der Waals surface area contributed by atoms with Crippen LogP contribution in [0.5, 0.6) is 0 Å². The topological polar surface area (TPSA) is 3.24 Å². The number of nitrogens with zero attached hydrogens (tertiary/aromatic N) is 1.